The van der Waals surface area contributed by atoms with Gasteiger partial charge in [-0.25, -0.2) is 0 Å². The third-order valence-corrected chi connectivity index (χ3v) is 2.05. The number of rotatable bonds is 0. The van der Waals surface area contributed by atoms with Gasteiger partial charge in [0.05, 0.1) is 0 Å². The van der Waals surface area contributed by atoms with Crippen LogP contribution < -0.4 is 5.32 Å². The van der Waals surface area contributed by atoms with Gasteiger partial charge in [-0.15, -0.1) is 12.4 Å². The van der Waals surface area contributed by atoms with E-state index in [-0.39, 0.29) is 12.4 Å². The normalized spacial score (nSPS) is 18.6. The summed E-state index contributed by atoms with van der Waals surface area (Å²) in [5, 5.41) is 3.29. The number of hydrogen-bond acceptors (Lipinski definition) is 1. The quantitative estimate of drug-likeness (QED) is 0.648. The molecular weight excluding hydrogens is 201 g/mol. The minimum Gasteiger partial charge on any atom is -0.316 e. The Kier molecular flexibility index (Phi) is 5.55. The van der Waals surface area contributed by atoms with Gasteiger partial charge in [0.2, 0.25) is 0 Å². The standard InChI is InChI=1S/C6H10BrN.ClH/c7-5-6-1-3-8-4-2-6;/h5,8H,1-4H2;1H. The van der Waals surface area contributed by atoms with Gasteiger partial charge in [-0.1, -0.05) is 21.5 Å². The predicted molar refractivity (Wildman–Crippen MR) is 46.4 cm³/mol. The van der Waals surface area contributed by atoms with Crippen LogP contribution in [0.4, 0.5) is 0 Å². The van der Waals surface area contributed by atoms with Gasteiger partial charge < -0.3 is 5.32 Å². The summed E-state index contributed by atoms with van der Waals surface area (Å²) in [4.78, 5) is 2.05. The summed E-state index contributed by atoms with van der Waals surface area (Å²) in [6.07, 6.45) is 2.43. The van der Waals surface area contributed by atoms with Crippen LogP contribution in [0, 0.1) is 0 Å². The molecule has 54 valence electrons. The highest BCUT2D eigenvalue weighted by Crippen LogP contribution is 2.10. The second-order valence-corrected chi connectivity index (χ2v) is 2.48. The molecular formula is C6H11BrClN. The molecule has 1 nitrogen and oxygen atoms in total. The van der Waals surface area contributed by atoms with E-state index in [9.17, 15) is 0 Å². The van der Waals surface area contributed by atoms with Gasteiger partial charge in [0.1, 0.15) is 0 Å². The van der Waals surface area contributed by atoms with Crippen LogP contribution in [0.1, 0.15) is 12.8 Å². The van der Waals surface area contributed by atoms with Crippen molar-refractivity contribution in [1.29, 1.82) is 0 Å². The van der Waals surface area contributed by atoms with Crippen molar-refractivity contribution in [2.75, 3.05) is 13.1 Å². The van der Waals surface area contributed by atoms with Gasteiger partial charge in [-0.2, -0.15) is 0 Å². The Hall–Kier alpha value is 0.470. The smallest absolute Gasteiger partial charge is 0.00112 e. The van der Waals surface area contributed by atoms with Gasteiger partial charge in [0.15, 0.2) is 0 Å². The maximum Gasteiger partial charge on any atom is -0.00112 e. The molecule has 1 rings (SSSR count). The summed E-state index contributed by atoms with van der Waals surface area (Å²) < 4.78 is 0. The molecule has 1 N–H and O–H groups in total. The summed E-state index contributed by atoms with van der Waals surface area (Å²) in [6.45, 7) is 2.30. The average molecular weight is 213 g/mol. The highest BCUT2D eigenvalue weighted by molar-refractivity contribution is 9.11. The molecule has 0 radical (unpaired) electrons. The van der Waals surface area contributed by atoms with E-state index in [0.717, 1.165) is 13.1 Å². The first-order valence-corrected chi connectivity index (χ1v) is 3.84. The molecule has 1 saturated heterocycles. The van der Waals surface area contributed by atoms with Gasteiger partial charge >= 0.3 is 0 Å². The van der Waals surface area contributed by atoms with Gasteiger partial charge in [-0.3, -0.25) is 0 Å². The van der Waals surface area contributed by atoms with Crippen LogP contribution in [0.5, 0.6) is 0 Å². The fraction of sp³-hybridized carbons (Fsp3) is 0.667. The Morgan fingerprint density at radius 3 is 2.22 bits per heavy atom. The van der Waals surface area contributed by atoms with Crippen LogP contribution >= 0.6 is 28.3 Å². The van der Waals surface area contributed by atoms with Crippen molar-refractivity contribution in [2.24, 2.45) is 0 Å². The molecule has 0 aromatic rings. The van der Waals surface area contributed by atoms with Crippen LogP contribution in [0.2, 0.25) is 0 Å². The maximum atomic E-state index is 3.32. The first-order chi connectivity index (χ1) is 3.93. The SMILES string of the molecule is BrC=C1CCNCC1.Cl. The first-order valence-electron chi connectivity index (χ1n) is 2.92. The molecule has 0 aliphatic carbocycles. The van der Waals surface area contributed by atoms with Crippen LogP contribution in [0.15, 0.2) is 10.6 Å². The lowest BCUT2D eigenvalue weighted by molar-refractivity contribution is 0.611. The van der Waals surface area contributed by atoms with Crippen molar-refractivity contribution in [3.8, 4) is 0 Å². The zero-order valence-corrected chi connectivity index (χ0v) is 7.59. The summed E-state index contributed by atoms with van der Waals surface area (Å²) in [5.74, 6) is 0. The Labute approximate surface area is 70.4 Å². The van der Waals surface area contributed by atoms with E-state index in [0.29, 0.717) is 0 Å². The molecule has 0 bridgehead atoms. The third kappa shape index (κ3) is 3.23. The highest BCUT2D eigenvalue weighted by atomic mass is 79.9. The topological polar surface area (TPSA) is 12.0 Å². The van der Waals surface area contributed by atoms with Crippen molar-refractivity contribution in [3.63, 3.8) is 0 Å². The zero-order valence-electron chi connectivity index (χ0n) is 5.19. The van der Waals surface area contributed by atoms with Crippen LogP contribution in [-0.4, -0.2) is 13.1 Å². The second-order valence-electron chi connectivity index (χ2n) is 2.02. The number of piperidine rings is 1. The Morgan fingerprint density at radius 1 is 1.33 bits per heavy atom. The van der Waals surface area contributed by atoms with E-state index >= 15 is 0 Å². The summed E-state index contributed by atoms with van der Waals surface area (Å²) in [5.41, 5.74) is 1.53. The molecule has 0 unspecified atom stereocenters. The van der Waals surface area contributed by atoms with E-state index in [4.69, 9.17) is 0 Å². The van der Waals surface area contributed by atoms with Crippen molar-refractivity contribution in [2.45, 2.75) is 12.8 Å². The summed E-state index contributed by atoms with van der Waals surface area (Å²) in [7, 11) is 0. The summed E-state index contributed by atoms with van der Waals surface area (Å²) in [6, 6.07) is 0. The second kappa shape index (κ2) is 5.27. The Morgan fingerprint density at radius 2 is 1.89 bits per heavy atom. The lowest BCUT2D eigenvalue weighted by Gasteiger charge is -2.13. The number of hydrogen-bond donors (Lipinski definition) is 1. The summed E-state index contributed by atoms with van der Waals surface area (Å²) >= 11 is 3.32. The van der Waals surface area contributed by atoms with E-state index in [1.165, 1.54) is 18.4 Å². The molecule has 0 atom stereocenters. The zero-order chi connectivity index (χ0) is 5.82. The molecule has 1 fully saturated rings. The third-order valence-electron chi connectivity index (χ3n) is 1.40. The Bertz CT molecular complexity index is 95.2. The monoisotopic (exact) mass is 211 g/mol. The van der Waals surface area contributed by atoms with Crippen LogP contribution in [0.25, 0.3) is 0 Å². The van der Waals surface area contributed by atoms with E-state index < -0.39 is 0 Å². The van der Waals surface area contributed by atoms with Gasteiger partial charge in [-0.05, 0) is 30.9 Å². The van der Waals surface area contributed by atoms with E-state index in [1.54, 1.807) is 0 Å². The van der Waals surface area contributed by atoms with Crippen molar-refractivity contribution in [1.82, 2.24) is 5.32 Å². The fourth-order valence-electron chi connectivity index (χ4n) is 0.857. The van der Waals surface area contributed by atoms with Gasteiger partial charge in [0.25, 0.3) is 0 Å². The number of nitrogens with one attached hydrogen (secondary N) is 1. The maximum absolute atomic E-state index is 3.32. The fourth-order valence-corrected chi connectivity index (χ4v) is 1.31. The molecule has 0 amide bonds. The molecule has 0 saturated carbocycles. The molecule has 3 heteroatoms. The minimum atomic E-state index is 0. The molecule has 0 aromatic heterocycles. The van der Waals surface area contributed by atoms with Crippen molar-refractivity contribution < 1.29 is 0 Å². The largest absolute Gasteiger partial charge is 0.316 e. The lowest BCUT2D eigenvalue weighted by atomic mass is 10.1. The number of halogens is 2. The van der Waals surface area contributed by atoms with E-state index in [1.807, 2.05) is 4.99 Å². The van der Waals surface area contributed by atoms with Crippen LogP contribution in [-0.2, 0) is 0 Å². The van der Waals surface area contributed by atoms with E-state index in [2.05, 4.69) is 21.2 Å². The predicted octanol–water partition coefficient (Wildman–Crippen LogP) is 2.07. The average Bonchev–Trinajstić information content (AvgIpc) is 1.90. The molecule has 1 heterocycles. The first kappa shape index (κ1) is 9.47. The molecule has 0 spiro atoms. The van der Waals surface area contributed by atoms with Gasteiger partial charge in [0, 0.05) is 0 Å². The lowest BCUT2D eigenvalue weighted by Crippen LogP contribution is -2.22. The molecule has 1 aliphatic rings. The Balaban J connectivity index is 0.000000640. The molecule has 1 aliphatic heterocycles. The van der Waals surface area contributed by atoms with Crippen LogP contribution in [0.3, 0.4) is 0 Å². The molecule has 9 heavy (non-hydrogen) atoms. The molecule has 0 aromatic carbocycles. The van der Waals surface area contributed by atoms with Crippen molar-refractivity contribution in [3.05, 3.63) is 10.6 Å². The van der Waals surface area contributed by atoms with Crippen molar-refractivity contribution >= 4 is 28.3 Å². The minimum absolute atomic E-state index is 0. The highest BCUT2D eigenvalue weighted by Gasteiger charge is 2.01.